The monoisotopic (exact) mass is 466 g/mol. The van der Waals surface area contributed by atoms with E-state index in [1.54, 1.807) is 24.3 Å². The summed E-state index contributed by atoms with van der Waals surface area (Å²) in [6.07, 6.45) is 1.68. The number of amides is 2. The van der Waals surface area contributed by atoms with Crippen molar-refractivity contribution in [3.05, 3.63) is 29.8 Å². The Hall–Kier alpha value is -2.22. The lowest BCUT2D eigenvalue weighted by Gasteiger charge is -2.20. The van der Waals surface area contributed by atoms with E-state index in [0.717, 1.165) is 5.56 Å². The van der Waals surface area contributed by atoms with E-state index in [2.05, 4.69) is 24.5 Å². The van der Waals surface area contributed by atoms with Crippen LogP contribution in [0.2, 0.25) is 0 Å². The quantitative estimate of drug-likeness (QED) is 0.329. The van der Waals surface area contributed by atoms with Gasteiger partial charge < -0.3 is 20.8 Å². The summed E-state index contributed by atoms with van der Waals surface area (Å²) in [5.74, 6) is -0.164. The van der Waals surface area contributed by atoms with Crippen LogP contribution in [0.1, 0.15) is 65.4 Å². The Morgan fingerprint density at radius 1 is 1.09 bits per heavy atom. The molecular weight excluding hydrogens is 428 g/mol. The number of thioether (sulfide) groups is 1. The van der Waals surface area contributed by atoms with E-state index in [1.165, 1.54) is 11.8 Å². The molecule has 0 heterocycles. The number of aromatic hydroxyl groups is 1. The molecule has 1 aromatic carbocycles. The van der Waals surface area contributed by atoms with Crippen LogP contribution in [-0.2, 0) is 14.4 Å². The van der Waals surface area contributed by atoms with Crippen molar-refractivity contribution in [3.8, 4) is 5.75 Å². The van der Waals surface area contributed by atoms with Gasteiger partial charge in [0.1, 0.15) is 11.8 Å². The standard InChI is InChI=1S/C24H38N2O5S/c1-16(2)13-19(17-7-9-18(27)10-8-17)22(29)25-11-6-12-32-15-20(23(30)31)26-21(28)14-24(3,4)5/h7-10,16,19-20,27H,6,11-15H2,1-5H3,(H,25,29)(H,26,28)(H,30,31)/t19-,20-/m0/s1. The Kier molecular flexibility index (Phi) is 11.6. The third-order valence-electron chi connectivity index (χ3n) is 4.69. The van der Waals surface area contributed by atoms with Crippen LogP contribution in [0.4, 0.5) is 0 Å². The smallest absolute Gasteiger partial charge is 0.327 e. The molecule has 0 radical (unpaired) electrons. The fourth-order valence-electron chi connectivity index (χ4n) is 3.18. The van der Waals surface area contributed by atoms with Gasteiger partial charge in [0.15, 0.2) is 0 Å². The predicted octanol–water partition coefficient (Wildman–Crippen LogP) is 3.77. The summed E-state index contributed by atoms with van der Waals surface area (Å²) in [5.41, 5.74) is 0.671. The van der Waals surface area contributed by atoms with E-state index in [4.69, 9.17) is 0 Å². The molecule has 0 unspecified atom stereocenters. The highest BCUT2D eigenvalue weighted by Crippen LogP contribution is 2.25. The number of rotatable bonds is 13. The second-order valence-electron chi connectivity index (χ2n) is 9.69. The summed E-state index contributed by atoms with van der Waals surface area (Å²) in [5, 5.41) is 24.4. The number of carboxylic acids is 1. The maximum absolute atomic E-state index is 12.7. The predicted molar refractivity (Wildman–Crippen MR) is 129 cm³/mol. The molecule has 4 N–H and O–H groups in total. The first-order valence-corrected chi connectivity index (χ1v) is 12.2. The van der Waals surface area contributed by atoms with Gasteiger partial charge in [-0.1, -0.05) is 46.8 Å². The number of carboxylic acid groups (broad SMARTS) is 1. The van der Waals surface area contributed by atoms with E-state index in [0.29, 0.717) is 31.1 Å². The molecule has 1 rings (SSSR count). The summed E-state index contributed by atoms with van der Waals surface area (Å²) < 4.78 is 0. The van der Waals surface area contributed by atoms with E-state index < -0.39 is 12.0 Å². The maximum atomic E-state index is 12.7. The highest BCUT2D eigenvalue weighted by atomic mass is 32.2. The highest BCUT2D eigenvalue weighted by Gasteiger charge is 2.24. The third-order valence-corrected chi connectivity index (χ3v) is 5.84. The number of carbonyl (C=O) groups excluding carboxylic acids is 2. The average Bonchev–Trinajstić information content (AvgIpc) is 2.66. The normalized spacial score (nSPS) is 13.4. The minimum atomic E-state index is -1.04. The highest BCUT2D eigenvalue weighted by molar-refractivity contribution is 7.99. The molecule has 1 aromatic rings. The zero-order valence-corrected chi connectivity index (χ0v) is 20.6. The van der Waals surface area contributed by atoms with Gasteiger partial charge >= 0.3 is 5.97 Å². The Labute approximate surface area is 195 Å². The van der Waals surface area contributed by atoms with Gasteiger partial charge in [-0.2, -0.15) is 11.8 Å². The van der Waals surface area contributed by atoms with Crippen molar-refractivity contribution in [3.63, 3.8) is 0 Å². The summed E-state index contributed by atoms with van der Waals surface area (Å²) in [7, 11) is 0. The van der Waals surface area contributed by atoms with Crippen LogP contribution in [0.25, 0.3) is 0 Å². The van der Waals surface area contributed by atoms with Crippen LogP contribution in [0.15, 0.2) is 24.3 Å². The van der Waals surface area contributed by atoms with Crippen LogP contribution in [0, 0.1) is 11.3 Å². The van der Waals surface area contributed by atoms with Gasteiger partial charge in [-0.15, -0.1) is 0 Å². The minimum absolute atomic E-state index is 0.0488. The number of carbonyl (C=O) groups is 3. The minimum Gasteiger partial charge on any atom is -0.508 e. The zero-order valence-electron chi connectivity index (χ0n) is 19.8. The first-order valence-electron chi connectivity index (χ1n) is 11.1. The Morgan fingerprint density at radius 2 is 1.72 bits per heavy atom. The number of aliphatic carboxylic acids is 1. The first-order chi connectivity index (χ1) is 14.9. The molecule has 8 heteroatoms. The Balaban J connectivity index is 2.43. The van der Waals surface area contributed by atoms with Crippen molar-refractivity contribution in [2.45, 2.75) is 65.8 Å². The lowest BCUT2D eigenvalue weighted by Crippen LogP contribution is -2.43. The van der Waals surface area contributed by atoms with Crippen molar-refractivity contribution < 1.29 is 24.6 Å². The SMILES string of the molecule is CC(C)C[C@H](C(=O)NCCCSC[C@H](NC(=O)CC(C)(C)C)C(=O)O)c1ccc(O)cc1. The number of hydrogen-bond acceptors (Lipinski definition) is 5. The first kappa shape index (κ1) is 27.8. The molecule has 2 atom stereocenters. The van der Waals surface area contributed by atoms with E-state index in [9.17, 15) is 24.6 Å². The number of benzene rings is 1. The molecule has 0 bridgehead atoms. The summed E-state index contributed by atoms with van der Waals surface area (Å²) >= 11 is 1.44. The Bertz CT molecular complexity index is 744. The molecule has 0 fully saturated rings. The topological polar surface area (TPSA) is 116 Å². The fourth-order valence-corrected chi connectivity index (χ4v) is 4.16. The van der Waals surface area contributed by atoms with Crippen molar-refractivity contribution in [1.82, 2.24) is 10.6 Å². The molecule has 0 aliphatic heterocycles. The Morgan fingerprint density at radius 3 is 2.25 bits per heavy atom. The van der Waals surface area contributed by atoms with Crippen LogP contribution >= 0.6 is 11.8 Å². The molecule has 0 aromatic heterocycles. The van der Waals surface area contributed by atoms with Gasteiger partial charge in [-0.3, -0.25) is 9.59 Å². The van der Waals surface area contributed by atoms with Crippen LogP contribution in [0.5, 0.6) is 5.75 Å². The molecular formula is C24H38N2O5S. The average molecular weight is 467 g/mol. The van der Waals surface area contributed by atoms with Gasteiger partial charge in [-0.05, 0) is 47.6 Å². The summed E-state index contributed by atoms with van der Waals surface area (Å²) in [6, 6.07) is 5.81. The molecule has 0 aliphatic carbocycles. The molecule has 7 nitrogen and oxygen atoms in total. The second kappa shape index (κ2) is 13.4. The van der Waals surface area contributed by atoms with Crippen molar-refractivity contribution in [1.29, 1.82) is 0 Å². The molecule has 32 heavy (non-hydrogen) atoms. The van der Waals surface area contributed by atoms with Gasteiger partial charge in [0.2, 0.25) is 11.8 Å². The van der Waals surface area contributed by atoms with Crippen molar-refractivity contribution in [2.24, 2.45) is 11.3 Å². The van der Waals surface area contributed by atoms with Gasteiger partial charge in [-0.25, -0.2) is 4.79 Å². The van der Waals surface area contributed by atoms with Crippen LogP contribution in [0.3, 0.4) is 0 Å². The van der Waals surface area contributed by atoms with E-state index in [1.807, 2.05) is 20.8 Å². The maximum Gasteiger partial charge on any atom is 0.327 e. The summed E-state index contributed by atoms with van der Waals surface area (Å²) in [4.78, 5) is 36.2. The van der Waals surface area contributed by atoms with Gasteiger partial charge in [0, 0.05) is 18.7 Å². The molecule has 0 saturated heterocycles. The van der Waals surface area contributed by atoms with Crippen LogP contribution < -0.4 is 10.6 Å². The van der Waals surface area contributed by atoms with Crippen molar-refractivity contribution >= 4 is 29.5 Å². The van der Waals surface area contributed by atoms with E-state index >= 15 is 0 Å². The summed E-state index contributed by atoms with van der Waals surface area (Å²) in [6.45, 7) is 10.4. The number of phenols is 1. The number of nitrogens with one attached hydrogen (secondary N) is 2. The van der Waals surface area contributed by atoms with E-state index in [-0.39, 0.29) is 41.1 Å². The fraction of sp³-hybridized carbons (Fsp3) is 0.625. The van der Waals surface area contributed by atoms with Crippen molar-refractivity contribution in [2.75, 3.05) is 18.1 Å². The zero-order chi connectivity index (χ0) is 24.3. The van der Waals surface area contributed by atoms with Gasteiger partial charge in [0.05, 0.1) is 5.92 Å². The number of hydrogen-bond donors (Lipinski definition) is 4. The molecule has 0 aliphatic rings. The lowest BCUT2D eigenvalue weighted by molar-refractivity contribution is -0.141. The second-order valence-corrected chi connectivity index (χ2v) is 10.8. The largest absolute Gasteiger partial charge is 0.508 e. The lowest BCUT2D eigenvalue weighted by atomic mass is 9.89. The molecule has 180 valence electrons. The molecule has 0 saturated carbocycles. The van der Waals surface area contributed by atoms with Crippen LogP contribution in [-0.4, -0.2) is 52.1 Å². The third kappa shape index (κ3) is 11.4. The molecule has 0 spiro atoms. The molecule has 2 amide bonds. The van der Waals surface area contributed by atoms with Gasteiger partial charge in [0.25, 0.3) is 0 Å². The number of phenolic OH excluding ortho intramolecular Hbond substituents is 1.